The number of nitrogens with zero attached hydrogens (tertiary/aromatic N) is 1. The Kier molecular flexibility index (Phi) is 3.76. The van der Waals surface area contributed by atoms with Crippen LogP contribution in [0.2, 0.25) is 0 Å². The second-order valence-electron chi connectivity index (χ2n) is 6.87. The van der Waals surface area contributed by atoms with Crippen molar-refractivity contribution in [2.45, 2.75) is 40.0 Å². The first-order valence-corrected chi connectivity index (χ1v) is 6.94. The molecular weight excluding hydrogens is 212 g/mol. The number of hydrogen-bond acceptors (Lipinski definition) is 2. The summed E-state index contributed by atoms with van der Waals surface area (Å²) in [4.78, 5) is 14.3. The second kappa shape index (κ2) is 4.97. The van der Waals surface area contributed by atoms with E-state index in [0.29, 0.717) is 12.3 Å². The highest BCUT2D eigenvalue weighted by atomic mass is 16.2. The minimum absolute atomic E-state index is 0.112. The van der Waals surface area contributed by atoms with E-state index >= 15 is 0 Å². The van der Waals surface area contributed by atoms with Crippen molar-refractivity contribution in [3.8, 4) is 0 Å². The zero-order valence-electron chi connectivity index (χ0n) is 11.5. The lowest BCUT2D eigenvalue weighted by Gasteiger charge is -2.25. The molecule has 0 aromatic heterocycles. The standard InChI is InChI=1S/C14H26N2O/c1-14(2,3)8-13(17)16-6-4-11-9-15-10-12(11)5-7-16/h11-12,15H,4-10H2,1-3H3/t11-,12+. The molecule has 3 nitrogen and oxygen atoms in total. The highest BCUT2D eigenvalue weighted by molar-refractivity contribution is 5.76. The molecule has 17 heavy (non-hydrogen) atoms. The Bertz CT molecular complexity index is 268. The van der Waals surface area contributed by atoms with Crippen LogP contribution < -0.4 is 5.32 Å². The summed E-state index contributed by atoms with van der Waals surface area (Å²) in [7, 11) is 0. The Morgan fingerprint density at radius 1 is 1.18 bits per heavy atom. The number of carbonyl (C=O) groups excluding carboxylic acids is 1. The van der Waals surface area contributed by atoms with Crippen LogP contribution in [0.1, 0.15) is 40.0 Å². The van der Waals surface area contributed by atoms with Crippen LogP contribution in [0.5, 0.6) is 0 Å². The van der Waals surface area contributed by atoms with Crippen molar-refractivity contribution in [1.29, 1.82) is 0 Å². The molecule has 0 aromatic rings. The van der Waals surface area contributed by atoms with Crippen molar-refractivity contribution in [2.75, 3.05) is 26.2 Å². The maximum absolute atomic E-state index is 12.2. The smallest absolute Gasteiger partial charge is 0.223 e. The van der Waals surface area contributed by atoms with Crippen molar-refractivity contribution >= 4 is 5.91 Å². The first-order valence-electron chi connectivity index (χ1n) is 6.94. The summed E-state index contributed by atoms with van der Waals surface area (Å²) < 4.78 is 0. The van der Waals surface area contributed by atoms with Crippen LogP contribution in [0.25, 0.3) is 0 Å². The summed E-state index contributed by atoms with van der Waals surface area (Å²) in [6, 6.07) is 0. The summed E-state index contributed by atoms with van der Waals surface area (Å²) in [6.07, 6.45) is 3.06. The maximum Gasteiger partial charge on any atom is 0.223 e. The van der Waals surface area contributed by atoms with E-state index < -0.39 is 0 Å². The van der Waals surface area contributed by atoms with Crippen LogP contribution in [-0.2, 0) is 4.79 Å². The molecule has 2 rings (SSSR count). The summed E-state index contributed by atoms with van der Waals surface area (Å²) in [6.45, 7) is 10.7. The van der Waals surface area contributed by atoms with Gasteiger partial charge in [-0.05, 0) is 43.2 Å². The van der Waals surface area contributed by atoms with Crippen LogP contribution in [0.4, 0.5) is 0 Å². The Balaban J connectivity index is 1.88. The molecule has 0 unspecified atom stereocenters. The summed E-state index contributed by atoms with van der Waals surface area (Å²) in [5, 5.41) is 3.47. The van der Waals surface area contributed by atoms with E-state index in [9.17, 15) is 4.79 Å². The molecule has 2 atom stereocenters. The lowest BCUT2D eigenvalue weighted by Crippen LogP contribution is -2.35. The van der Waals surface area contributed by atoms with Crippen LogP contribution in [0, 0.1) is 17.3 Å². The third-order valence-corrected chi connectivity index (χ3v) is 4.05. The molecule has 0 bridgehead atoms. The molecule has 2 saturated heterocycles. The van der Waals surface area contributed by atoms with Gasteiger partial charge in [0.2, 0.25) is 5.91 Å². The van der Waals surface area contributed by atoms with Gasteiger partial charge >= 0.3 is 0 Å². The predicted octanol–water partition coefficient (Wildman–Crippen LogP) is 1.88. The monoisotopic (exact) mass is 238 g/mol. The third kappa shape index (κ3) is 3.44. The summed E-state index contributed by atoms with van der Waals surface area (Å²) in [5.74, 6) is 1.97. The quantitative estimate of drug-likeness (QED) is 0.756. The van der Waals surface area contributed by atoms with Gasteiger partial charge in [-0.15, -0.1) is 0 Å². The Hall–Kier alpha value is -0.570. The highest BCUT2D eigenvalue weighted by Gasteiger charge is 2.32. The molecule has 0 aromatic carbocycles. The third-order valence-electron chi connectivity index (χ3n) is 4.05. The molecule has 3 heteroatoms. The molecule has 2 heterocycles. The first-order chi connectivity index (χ1) is 7.96. The molecule has 2 fully saturated rings. The van der Waals surface area contributed by atoms with E-state index in [2.05, 4.69) is 31.0 Å². The normalized spacial score (nSPS) is 29.9. The average Bonchev–Trinajstić information content (AvgIpc) is 2.54. The molecule has 2 aliphatic heterocycles. The second-order valence-corrected chi connectivity index (χ2v) is 6.87. The predicted molar refractivity (Wildman–Crippen MR) is 69.7 cm³/mol. The van der Waals surface area contributed by atoms with E-state index in [4.69, 9.17) is 0 Å². The van der Waals surface area contributed by atoms with Gasteiger partial charge < -0.3 is 10.2 Å². The summed E-state index contributed by atoms with van der Waals surface area (Å²) >= 11 is 0. The molecule has 0 radical (unpaired) electrons. The van der Waals surface area contributed by atoms with Gasteiger partial charge in [0.15, 0.2) is 0 Å². The van der Waals surface area contributed by atoms with Crippen molar-refractivity contribution in [1.82, 2.24) is 10.2 Å². The maximum atomic E-state index is 12.2. The number of fused-ring (bicyclic) bond motifs is 1. The topological polar surface area (TPSA) is 32.3 Å². The lowest BCUT2D eigenvalue weighted by atomic mass is 9.91. The van der Waals surface area contributed by atoms with Gasteiger partial charge in [-0.1, -0.05) is 20.8 Å². The van der Waals surface area contributed by atoms with Crippen molar-refractivity contribution < 1.29 is 4.79 Å². The van der Waals surface area contributed by atoms with Crippen molar-refractivity contribution in [3.05, 3.63) is 0 Å². The zero-order valence-corrected chi connectivity index (χ0v) is 11.5. The van der Waals surface area contributed by atoms with Crippen LogP contribution in [0.15, 0.2) is 0 Å². The largest absolute Gasteiger partial charge is 0.343 e. The molecule has 98 valence electrons. The Labute approximate surface area is 105 Å². The molecule has 1 amide bonds. The van der Waals surface area contributed by atoms with Crippen molar-refractivity contribution in [3.63, 3.8) is 0 Å². The SMILES string of the molecule is CC(C)(C)CC(=O)N1CC[C@@H]2CNC[C@@H]2CC1. The molecule has 2 aliphatic rings. The van der Waals surface area contributed by atoms with E-state index in [0.717, 1.165) is 38.0 Å². The van der Waals surface area contributed by atoms with Gasteiger partial charge in [0.25, 0.3) is 0 Å². The van der Waals surface area contributed by atoms with Gasteiger partial charge in [0.05, 0.1) is 0 Å². The van der Waals surface area contributed by atoms with Gasteiger partial charge in [0.1, 0.15) is 0 Å². The van der Waals surface area contributed by atoms with Crippen LogP contribution in [0.3, 0.4) is 0 Å². The van der Waals surface area contributed by atoms with E-state index in [1.807, 2.05) is 0 Å². The number of carbonyl (C=O) groups is 1. The molecule has 0 saturated carbocycles. The van der Waals surface area contributed by atoms with Gasteiger partial charge in [-0.2, -0.15) is 0 Å². The number of rotatable bonds is 1. The Morgan fingerprint density at radius 2 is 1.71 bits per heavy atom. The number of likely N-dealkylation sites (tertiary alicyclic amines) is 1. The minimum atomic E-state index is 0.112. The number of hydrogen-bond donors (Lipinski definition) is 1. The molecule has 1 N–H and O–H groups in total. The van der Waals surface area contributed by atoms with Crippen molar-refractivity contribution in [2.24, 2.45) is 17.3 Å². The van der Waals surface area contributed by atoms with Gasteiger partial charge in [0, 0.05) is 19.5 Å². The van der Waals surface area contributed by atoms with Crippen LogP contribution in [-0.4, -0.2) is 37.0 Å². The highest BCUT2D eigenvalue weighted by Crippen LogP contribution is 2.28. The average molecular weight is 238 g/mol. The fourth-order valence-corrected chi connectivity index (χ4v) is 3.03. The lowest BCUT2D eigenvalue weighted by molar-refractivity contribution is -0.133. The van der Waals surface area contributed by atoms with E-state index in [1.165, 1.54) is 12.8 Å². The molecule has 0 aliphatic carbocycles. The number of nitrogens with one attached hydrogen (secondary N) is 1. The van der Waals surface area contributed by atoms with E-state index in [1.54, 1.807) is 0 Å². The fourth-order valence-electron chi connectivity index (χ4n) is 3.03. The zero-order chi connectivity index (χ0) is 12.5. The molecular formula is C14H26N2O. The number of amides is 1. The molecule has 0 spiro atoms. The van der Waals surface area contributed by atoms with E-state index in [-0.39, 0.29) is 5.41 Å². The first kappa shape index (κ1) is 12.9. The summed E-state index contributed by atoms with van der Waals surface area (Å²) in [5.41, 5.74) is 0.112. The Morgan fingerprint density at radius 3 is 2.18 bits per heavy atom. The minimum Gasteiger partial charge on any atom is -0.343 e. The van der Waals surface area contributed by atoms with Gasteiger partial charge in [-0.25, -0.2) is 0 Å². The van der Waals surface area contributed by atoms with Crippen LogP contribution >= 0.6 is 0 Å². The fraction of sp³-hybridized carbons (Fsp3) is 0.929. The van der Waals surface area contributed by atoms with Gasteiger partial charge in [-0.3, -0.25) is 4.79 Å².